The lowest BCUT2D eigenvalue weighted by molar-refractivity contribution is -0.192. The first kappa shape index (κ1) is 29.6. The van der Waals surface area contributed by atoms with Crippen LogP contribution >= 0.6 is 0 Å². The number of carbonyl (C=O) groups excluding carboxylic acids is 4. The molecule has 1 saturated heterocycles. The summed E-state index contributed by atoms with van der Waals surface area (Å²) >= 11 is 0. The van der Waals surface area contributed by atoms with E-state index in [0.717, 1.165) is 12.8 Å². The second kappa shape index (κ2) is 13.2. The molecule has 0 aromatic rings. The summed E-state index contributed by atoms with van der Waals surface area (Å²) in [4.78, 5) is 43.0. The highest BCUT2D eigenvalue weighted by Crippen LogP contribution is 2.29. The van der Waals surface area contributed by atoms with E-state index < -0.39 is 65.9 Å². The summed E-state index contributed by atoms with van der Waals surface area (Å²) in [5.41, 5.74) is 17.5. The predicted octanol–water partition coefficient (Wildman–Crippen LogP) is -6.20. The van der Waals surface area contributed by atoms with E-state index in [1.165, 1.54) is 0 Å². The van der Waals surface area contributed by atoms with Crippen molar-refractivity contribution in [3.8, 4) is 0 Å². The van der Waals surface area contributed by atoms with Crippen molar-refractivity contribution in [1.29, 1.82) is 0 Å². The van der Waals surface area contributed by atoms with E-state index >= 15 is 0 Å². The molecule has 0 bridgehead atoms. The summed E-state index contributed by atoms with van der Waals surface area (Å²) in [6.07, 6.45) is -8.66. The Morgan fingerprint density at radius 3 is 1.47 bits per heavy atom. The van der Waals surface area contributed by atoms with Gasteiger partial charge in [0.15, 0.2) is 23.9 Å². The molecule has 0 aromatic carbocycles. The summed E-state index contributed by atoms with van der Waals surface area (Å²) < 4.78 is 5.40. The number of hydrogen-bond donors (Lipinski definition) is 10. The Balaban J connectivity index is 0.000000687. The van der Waals surface area contributed by atoms with Gasteiger partial charge in [0.25, 0.3) is 5.91 Å². The maximum Gasteiger partial charge on any atom is 0.252 e. The van der Waals surface area contributed by atoms with Crippen molar-refractivity contribution in [2.45, 2.75) is 74.3 Å². The summed E-state index contributed by atoms with van der Waals surface area (Å²) in [6.45, 7) is 0.194. The zero-order chi connectivity index (χ0) is 25.2. The molecule has 0 aromatic heterocycles. The van der Waals surface area contributed by atoms with Crippen molar-refractivity contribution in [1.82, 2.24) is 0 Å². The molecule has 0 saturated carbocycles. The number of carbonyl (C=O) groups is 4. The fourth-order valence-electron chi connectivity index (χ4n) is 2.87. The van der Waals surface area contributed by atoms with Gasteiger partial charge in [0, 0.05) is 6.61 Å². The van der Waals surface area contributed by atoms with Crippen LogP contribution in [-0.2, 0) is 23.9 Å². The topological polar surface area (TPSA) is 303 Å². The highest BCUT2D eigenvalue weighted by atomic mass is 16.5. The quantitative estimate of drug-likeness (QED) is 0.152. The largest absolute Gasteiger partial charge is 0.387 e. The van der Waals surface area contributed by atoms with Crippen molar-refractivity contribution in [2.24, 2.45) is 22.9 Å². The van der Waals surface area contributed by atoms with Gasteiger partial charge in [0.2, 0.25) is 17.7 Å². The smallest absolute Gasteiger partial charge is 0.252 e. The Kier molecular flexibility index (Phi) is 12.2. The lowest BCUT2D eigenvalue weighted by Gasteiger charge is -2.39. The van der Waals surface area contributed by atoms with Gasteiger partial charge < -0.3 is 58.3 Å². The fourth-order valence-corrected chi connectivity index (χ4v) is 2.87. The molecule has 14 N–H and O–H groups in total. The van der Waals surface area contributed by atoms with Crippen molar-refractivity contribution >= 4 is 23.6 Å². The van der Waals surface area contributed by atoms with Gasteiger partial charge in [-0.2, -0.15) is 0 Å². The number of amides is 4. The highest BCUT2D eigenvalue weighted by Gasteiger charge is 2.50. The number of hydrogen-bond acceptors (Lipinski definition) is 11. The molecule has 1 aliphatic heterocycles. The second-order valence-corrected chi connectivity index (χ2v) is 7.23. The van der Waals surface area contributed by atoms with Crippen molar-refractivity contribution < 1.29 is 54.6 Å². The van der Waals surface area contributed by atoms with Crippen LogP contribution < -0.4 is 22.9 Å². The van der Waals surface area contributed by atoms with Gasteiger partial charge in [0.05, 0.1) is 0 Å². The molecular weight excluding hydrogens is 436 g/mol. The van der Waals surface area contributed by atoms with E-state index in [1.807, 2.05) is 0 Å². The maximum atomic E-state index is 11.7. The predicted molar refractivity (Wildman–Crippen MR) is 105 cm³/mol. The monoisotopic (exact) mass is 468 g/mol. The minimum absolute atomic E-state index is 0.103. The average Bonchev–Trinajstić information content (AvgIpc) is 2.70. The minimum atomic E-state index is -2.01. The molecule has 0 spiro atoms. The van der Waals surface area contributed by atoms with Crippen LogP contribution in [0.4, 0.5) is 0 Å². The third-order valence-electron chi connectivity index (χ3n) is 4.87. The molecule has 1 rings (SSSR count). The summed E-state index contributed by atoms with van der Waals surface area (Å²) in [6, 6.07) is 0. The first-order valence-electron chi connectivity index (χ1n) is 9.60. The number of primary amides is 4. The Hall–Kier alpha value is -2.40. The zero-order valence-electron chi connectivity index (χ0n) is 17.2. The molecule has 32 heavy (non-hydrogen) atoms. The zero-order valence-corrected chi connectivity index (χ0v) is 17.2. The number of aliphatic hydroxyl groups is 6. The maximum absolute atomic E-state index is 11.7. The fraction of sp³-hybridized carbons (Fsp3) is 0.765. The van der Waals surface area contributed by atoms with Gasteiger partial charge in [-0.15, -0.1) is 0 Å². The van der Waals surface area contributed by atoms with Gasteiger partial charge in [0.1, 0.15) is 18.3 Å². The van der Waals surface area contributed by atoms with Crippen LogP contribution in [0.2, 0.25) is 0 Å². The van der Waals surface area contributed by atoms with Crippen LogP contribution in [0.1, 0.15) is 32.1 Å². The Bertz CT molecular complexity index is 634. The van der Waals surface area contributed by atoms with Crippen LogP contribution in [0.3, 0.4) is 0 Å². The summed E-state index contributed by atoms with van der Waals surface area (Å²) in [7, 11) is 0. The van der Waals surface area contributed by atoms with E-state index in [0.29, 0.717) is 12.8 Å². The third kappa shape index (κ3) is 7.94. The second-order valence-electron chi connectivity index (χ2n) is 7.23. The van der Waals surface area contributed by atoms with E-state index in [1.54, 1.807) is 0 Å². The molecular formula is C17H32N4O11. The molecule has 1 aliphatic rings. The molecule has 186 valence electrons. The highest BCUT2D eigenvalue weighted by molar-refractivity contribution is 5.85. The van der Waals surface area contributed by atoms with Gasteiger partial charge >= 0.3 is 0 Å². The van der Waals surface area contributed by atoms with Crippen LogP contribution in [0.5, 0.6) is 0 Å². The Morgan fingerprint density at radius 1 is 0.656 bits per heavy atom. The van der Waals surface area contributed by atoms with E-state index in [9.17, 15) is 34.5 Å². The molecule has 1 heterocycles. The summed E-state index contributed by atoms with van der Waals surface area (Å²) in [5.74, 6) is -4.64. The molecule has 15 nitrogen and oxygen atoms in total. The SMILES string of the molecule is NC(=O)[C@@H](O)[C@@H](O)[C@H](O)[C@@]1(C(N)=O)CCCCCCO1.NC(=O)[C@@H](O)[C@H](O)[C@@H](O)C(N)=O. The molecule has 15 heteroatoms. The number of ether oxygens (including phenoxy) is 1. The van der Waals surface area contributed by atoms with Crippen molar-refractivity contribution in [2.75, 3.05) is 6.61 Å². The summed E-state index contributed by atoms with van der Waals surface area (Å²) in [5, 5.41) is 55.6. The molecule has 7 atom stereocenters. The molecule has 1 fully saturated rings. The normalized spacial score (nSPS) is 24.7. The number of aliphatic hydroxyl groups excluding tert-OH is 6. The molecule has 0 radical (unpaired) electrons. The number of rotatable bonds is 9. The van der Waals surface area contributed by atoms with Gasteiger partial charge in [-0.1, -0.05) is 12.8 Å². The van der Waals surface area contributed by atoms with Crippen molar-refractivity contribution in [3.63, 3.8) is 0 Å². The van der Waals surface area contributed by atoms with Crippen molar-refractivity contribution in [3.05, 3.63) is 0 Å². The van der Waals surface area contributed by atoms with Crippen LogP contribution in [0.15, 0.2) is 0 Å². The average molecular weight is 468 g/mol. The van der Waals surface area contributed by atoms with Gasteiger partial charge in [-0.3, -0.25) is 19.2 Å². The first-order chi connectivity index (χ1) is 14.7. The molecule has 0 aliphatic carbocycles. The van der Waals surface area contributed by atoms with Crippen LogP contribution in [-0.4, -0.2) is 103 Å². The molecule has 0 unspecified atom stereocenters. The third-order valence-corrected chi connectivity index (χ3v) is 4.87. The van der Waals surface area contributed by atoms with Crippen LogP contribution in [0, 0.1) is 0 Å². The first-order valence-corrected chi connectivity index (χ1v) is 9.60. The Labute approximate surface area is 182 Å². The molecule has 4 amide bonds. The van der Waals surface area contributed by atoms with Gasteiger partial charge in [-0.05, 0) is 19.3 Å². The van der Waals surface area contributed by atoms with Crippen LogP contribution in [0.25, 0.3) is 0 Å². The number of nitrogens with two attached hydrogens (primary N) is 4. The standard InChI is InChI=1S/C12H22N2O6.C5H10N2O5/c13-10(18)8(16)7(15)9(17)12(11(14)19)5-3-1-2-4-6-20-12;6-4(11)2(9)1(8)3(10)5(7)12/h7-9,15-17H,1-6H2,(H2,13,18)(H2,14,19);1-3,8-10H,(H2,6,11)(H2,7,12)/t7-,8+,9+,12-;1-,2-,3+/m1./s1. The van der Waals surface area contributed by atoms with E-state index in [4.69, 9.17) is 31.5 Å². The minimum Gasteiger partial charge on any atom is -0.387 e. The lowest BCUT2D eigenvalue weighted by atomic mass is 9.83. The lowest BCUT2D eigenvalue weighted by Crippen LogP contribution is -2.62. The van der Waals surface area contributed by atoms with E-state index in [-0.39, 0.29) is 13.0 Å². The van der Waals surface area contributed by atoms with Gasteiger partial charge in [-0.25, -0.2) is 0 Å². The Morgan fingerprint density at radius 2 is 1.06 bits per heavy atom. The van der Waals surface area contributed by atoms with E-state index in [2.05, 4.69) is 11.5 Å².